The summed E-state index contributed by atoms with van der Waals surface area (Å²) in [5.74, 6) is 1.49. The molecule has 1 amide bonds. The largest absolute Gasteiger partial charge is 0.633 e. The molecule has 2 N–H and O–H groups in total. The normalized spacial score (nSPS) is 14.4. The minimum Gasteiger partial charge on any atom is -0.633 e. The first-order valence-corrected chi connectivity index (χ1v) is 14.4. The molecule has 1 atom stereocenters. The molecule has 0 aliphatic heterocycles. The Morgan fingerprint density at radius 2 is 1.73 bits per heavy atom. The number of nitrogen functional groups attached to an aromatic ring is 1. The second kappa shape index (κ2) is 11.9. The second-order valence-electron chi connectivity index (χ2n) is 11.1. The topological polar surface area (TPSA) is 141 Å². The molecule has 12 heteroatoms. The molecule has 0 radical (unpaired) electrons. The Morgan fingerprint density at radius 3 is 2.42 bits per heavy atom. The van der Waals surface area contributed by atoms with E-state index in [0.717, 1.165) is 12.8 Å². The number of quaternary nitrogens is 1. The molecule has 0 spiro atoms. The lowest BCUT2D eigenvalue weighted by Crippen LogP contribution is -2.40. The number of aromatic nitrogens is 4. The fourth-order valence-electron chi connectivity index (χ4n) is 5.19. The number of carbonyl (C=O) groups is 1. The maximum atomic E-state index is 14.1. The third kappa shape index (κ3) is 6.01. The van der Waals surface area contributed by atoms with Gasteiger partial charge in [-0.2, -0.15) is 0 Å². The number of nitrogens with two attached hydrogens (primary N) is 1. The van der Waals surface area contributed by atoms with Crippen molar-refractivity contribution < 1.29 is 18.9 Å². The predicted molar refractivity (Wildman–Crippen MR) is 172 cm³/mol. The van der Waals surface area contributed by atoms with E-state index in [9.17, 15) is 14.8 Å². The maximum absolute atomic E-state index is 14.1. The number of likely N-dealkylation sites (N-methyl/N-ethyl adjacent to an activating group) is 2. The van der Waals surface area contributed by atoms with Gasteiger partial charge in [0.1, 0.15) is 29.1 Å². The number of hydroxylamine groups is 3. The van der Waals surface area contributed by atoms with E-state index in [2.05, 4.69) is 9.97 Å². The third-order valence-electron chi connectivity index (χ3n) is 7.86. The van der Waals surface area contributed by atoms with Gasteiger partial charge in [0.15, 0.2) is 11.5 Å². The van der Waals surface area contributed by atoms with E-state index in [1.54, 1.807) is 62.6 Å². The highest BCUT2D eigenvalue weighted by molar-refractivity contribution is 6.01. The number of benzene rings is 3. The number of fused-ring (bicyclic) bond motifs is 1. The molecule has 1 fully saturated rings. The molecule has 0 bridgehead atoms. The van der Waals surface area contributed by atoms with Crippen molar-refractivity contribution in [1.82, 2.24) is 19.1 Å². The highest BCUT2D eigenvalue weighted by atomic mass is 16.5. The zero-order chi connectivity index (χ0) is 31.7. The fourth-order valence-corrected chi connectivity index (χ4v) is 5.19. The lowest BCUT2D eigenvalue weighted by atomic mass is 10.2. The summed E-state index contributed by atoms with van der Waals surface area (Å²) in [5.41, 5.74) is 7.86. The van der Waals surface area contributed by atoms with Crippen molar-refractivity contribution in [2.75, 3.05) is 38.4 Å². The zero-order valence-corrected chi connectivity index (χ0v) is 25.2. The summed E-state index contributed by atoms with van der Waals surface area (Å²) >= 11 is 0. The van der Waals surface area contributed by atoms with Gasteiger partial charge >= 0.3 is 5.69 Å². The molecular formula is C33H33N7O5. The summed E-state index contributed by atoms with van der Waals surface area (Å²) in [5, 5.41) is 12.6. The van der Waals surface area contributed by atoms with Crippen LogP contribution in [-0.2, 0) is 4.79 Å². The second-order valence-corrected chi connectivity index (χ2v) is 11.1. The number of carbonyl (C=O) groups excluding carboxylic acids is 1. The van der Waals surface area contributed by atoms with Gasteiger partial charge in [-0.1, -0.05) is 18.2 Å². The number of ether oxygens (including phenoxy) is 2. The minimum absolute atomic E-state index is 0.0993. The van der Waals surface area contributed by atoms with E-state index in [1.165, 1.54) is 33.5 Å². The number of hydrogen-bond donors (Lipinski definition) is 1. The van der Waals surface area contributed by atoms with Crippen molar-refractivity contribution in [3.05, 3.63) is 107 Å². The van der Waals surface area contributed by atoms with Crippen molar-refractivity contribution in [1.29, 1.82) is 0 Å². The SMILES string of the molecule is COc1cc(N(C)C(=O)C=CC[N+](C)([O-])C2CC2)cc(-n2c(=O)n(-c3ccc(Oc4ccccc4)cc3)c3c(N)ncnc32)c1. The predicted octanol–water partition coefficient (Wildman–Crippen LogP) is 4.58. The first kappa shape index (κ1) is 29.6. The van der Waals surface area contributed by atoms with Crippen LogP contribution in [0.5, 0.6) is 17.2 Å². The van der Waals surface area contributed by atoms with Gasteiger partial charge in [0.05, 0.1) is 38.1 Å². The zero-order valence-electron chi connectivity index (χ0n) is 25.2. The van der Waals surface area contributed by atoms with Crippen LogP contribution in [0.4, 0.5) is 11.5 Å². The molecule has 1 saturated carbocycles. The maximum Gasteiger partial charge on any atom is 0.339 e. The van der Waals surface area contributed by atoms with E-state index < -0.39 is 10.3 Å². The monoisotopic (exact) mass is 607 g/mol. The molecule has 2 aromatic heterocycles. The smallest absolute Gasteiger partial charge is 0.339 e. The van der Waals surface area contributed by atoms with Crippen LogP contribution in [0.3, 0.4) is 0 Å². The molecule has 6 rings (SSSR count). The van der Waals surface area contributed by atoms with Crippen LogP contribution in [0.25, 0.3) is 22.5 Å². The van der Waals surface area contributed by atoms with E-state index >= 15 is 0 Å². The van der Waals surface area contributed by atoms with Crippen LogP contribution >= 0.6 is 0 Å². The Morgan fingerprint density at radius 1 is 1.02 bits per heavy atom. The van der Waals surface area contributed by atoms with Crippen LogP contribution in [0, 0.1) is 5.21 Å². The van der Waals surface area contributed by atoms with Gasteiger partial charge in [-0.25, -0.2) is 19.3 Å². The molecule has 1 aliphatic carbocycles. The van der Waals surface area contributed by atoms with Crippen molar-refractivity contribution in [2.45, 2.75) is 18.9 Å². The molecule has 0 saturated heterocycles. The van der Waals surface area contributed by atoms with Crippen LogP contribution in [0.1, 0.15) is 12.8 Å². The molecule has 5 aromatic rings. The number of imidazole rings is 1. The fraction of sp³-hybridized carbons (Fsp3) is 0.212. The van der Waals surface area contributed by atoms with Crippen LogP contribution in [-0.4, -0.2) is 63.4 Å². The first-order valence-electron chi connectivity index (χ1n) is 14.4. The lowest BCUT2D eigenvalue weighted by molar-refractivity contribution is -0.865. The Balaban J connectivity index is 1.37. The Labute approximate surface area is 259 Å². The van der Waals surface area contributed by atoms with Gasteiger partial charge in [0.2, 0.25) is 0 Å². The molecule has 2 heterocycles. The molecule has 45 heavy (non-hydrogen) atoms. The lowest BCUT2D eigenvalue weighted by Gasteiger charge is -2.38. The highest BCUT2D eigenvalue weighted by Crippen LogP contribution is 2.32. The summed E-state index contributed by atoms with van der Waals surface area (Å²) in [4.78, 5) is 37.2. The summed E-state index contributed by atoms with van der Waals surface area (Å²) in [7, 11) is 4.74. The van der Waals surface area contributed by atoms with Crippen molar-refractivity contribution in [2.24, 2.45) is 0 Å². The van der Waals surface area contributed by atoms with E-state index in [4.69, 9.17) is 15.2 Å². The summed E-state index contributed by atoms with van der Waals surface area (Å²) in [6, 6.07) is 21.5. The number of nitrogens with zero attached hydrogens (tertiary/aromatic N) is 6. The third-order valence-corrected chi connectivity index (χ3v) is 7.86. The van der Waals surface area contributed by atoms with E-state index in [1.807, 2.05) is 30.3 Å². The number of rotatable bonds is 10. The number of methoxy groups -OCH3 is 1. The molecule has 1 aliphatic rings. The molecule has 230 valence electrons. The van der Waals surface area contributed by atoms with Crippen molar-refractivity contribution in [3.8, 4) is 28.6 Å². The molecule has 12 nitrogen and oxygen atoms in total. The average molecular weight is 608 g/mol. The Kier molecular flexibility index (Phi) is 7.83. The molecular weight excluding hydrogens is 574 g/mol. The van der Waals surface area contributed by atoms with E-state index in [0.29, 0.717) is 39.8 Å². The van der Waals surface area contributed by atoms with Gasteiger partial charge in [0.25, 0.3) is 5.91 Å². The number of amides is 1. The van der Waals surface area contributed by atoms with Crippen molar-refractivity contribution >= 4 is 28.6 Å². The van der Waals surface area contributed by atoms with Gasteiger partial charge in [-0.15, -0.1) is 0 Å². The van der Waals surface area contributed by atoms with Gasteiger partial charge in [-0.05, 0) is 48.5 Å². The first-order chi connectivity index (χ1) is 21.7. The Bertz CT molecular complexity index is 1940. The quantitative estimate of drug-likeness (QED) is 0.138. The molecule has 3 aromatic carbocycles. The Hall–Kier alpha value is -5.46. The standard InChI is InChI=1S/C33H33N7O5/c1-37(29(41)10-7-17-40(2,43)25-13-14-25)23-18-24(20-28(19-23)44-3)39-32-30(31(34)35-21-36-32)38(33(39)42)22-11-15-27(16-12-22)45-26-8-5-4-6-9-26/h4-12,15-16,18-21,25H,13-14,17H2,1-3H3,(H2,34,35,36). The van der Waals surface area contributed by atoms with Gasteiger partial charge < -0.3 is 30.0 Å². The van der Waals surface area contributed by atoms with Gasteiger partial charge in [0, 0.05) is 43.8 Å². The molecule has 1 unspecified atom stereocenters. The van der Waals surface area contributed by atoms with Crippen LogP contribution < -0.4 is 25.8 Å². The summed E-state index contributed by atoms with van der Waals surface area (Å²) in [6.07, 6.45) is 6.12. The van der Waals surface area contributed by atoms with E-state index in [-0.39, 0.29) is 30.0 Å². The van der Waals surface area contributed by atoms with Crippen LogP contribution in [0.2, 0.25) is 0 Å². The average Bonchev–Trinajstić information content (AvgIpc) is 3.86. The summed E-state index contributed by atoms with van der Waals surface area (Å²) in [6.45, 7) is 0.211. The van der Waals surface area contributed by atoms with Gasteiger partial charge in [-0.3, -0.25) is 9.36 Å². The summed E-state index contributed by atoms with van der Waals surface area (Å²) < 4.78 is 13.9. The van der Waals surface area contributed by atoms with Crippen molar-refractivity contribution in [3.63, 3.8) is 0 Å². The van der Waals surface area contributed by atoms with Crippen LogP contribution in [0.15, 0.2) is 96.1 Å². The minimum atomic E-state index is -0.449. The number of anilines is 2. The number of hydrogen-bond acceptors (Lipinski definition) is 8. The highest BCUT2D eigenvalue weighted by Gasteiger charge is 2.34. The number of para-hydroxylation sites is 1.